The predicted molar refractivity (Wildman–Crippen MR) is 92.2 cm³/mol. The number of aliphatic hydroxyl groups excluding tert-OH is 1. The number of rotatable bonds is 5. The maximum atomic E-state index is 12.9. The molecule has 2 aliphatic carbocycles. The first kappa shape index (κ1) is 18.1. The summed E-state index contributed by atoms with van der Waals surface area (Å²) in [6.45, 7) is 3.95. The van der Waals surface area contributed by atoms with Crippen LogP contribution in [0.3, 0.4) is 0 Å². The topological polar surface area (TPSA) is 86.7 Å². The highest BCUT2D eigenvalue weighted by atomic mass is 16.3. The normalized spacial score (nSPS) is 33.0. The lowest BCUT2D eigenvalue weighted by molar-refractivity contribution is -0.148. The number of likely N-dealkylation sites (tertiary alicyclic amines) is 1. The SMILES string of the molecule is CC(C)C[C@H](C(=O)N[C@@H]1CCC[C@@H]1O)N1C(=O)[C@@H]2CC=CC[C@H]2C1=O. The number of allylic oxidation sites excluding steroid dienone is 2. The van der Waals surface area contributed by atoms with Gasteiger partial charge in [-0.25, -0.2) is 0 Å². The van der Waals surface area contributed by atoms with Gasteiger partial charge in [-0.15, -0.1) is 0 Å². The van der Waals surface area contributed by atoms with E-state index in [1.54, 1.807) is 0 Å². The molecular weight excluding hydrogens is 320 g/mol. The average Bonchev–Trinajstić information content (AvgIpc) is 3.08. The molecule has 0 aromatic carbocycles. The van der Waals surface area contributed by atoms with Crippen molar-refractivity contribution in [3.63, 3.8) is 0 Å². The molecule has 3 amide bonds. The molecule has 1 saturated heterocycles. The molecule has 3 rings (SSSR count). The van der Waals surface area contributed by atoms with Gasteiger partial charge in [0.15, 0.2) is 0 Å². The van der Waals surface area contributed by atoms with E-state index in [-0.39, 0.29) is 41.5 Å². The van der Waals surface area contributed by atoms with Gasteiger partial charge in [-0.3, -0.25) is 19.3 Å². The molecule has 1 heterocycles. The Labute approximate surface area is 148 Å². The third-order valence-electron chi connectivity index (χ3n) is 5.66. The Balaban J connectivity index is 1.79. The molecule has 2 N–H and O–H groups in total. The van der Waals surface area contributed by atoms with Gasteiger partial charge in [-0.05, 0) is 44.4 Å². The molecule has 5 atom stereocenters. The largest absolute Gasteiger partial charge is 0.391 e. The third kappa shape index (κ3) is 3.50. The van der Waals surface area contributed by atoms with Crippen molar-refractivity contribution in [3.05, 3.63) is 12.2 Å². The van der Waals surface area contributed by atoms with E-state index in [1.165, 1.54) is 4.90 Å². The van der Waals surface area contributed by atoms with Crippen LogP contribution >= 0.6 is 0 Å². The Morgan fingerprint density at radius 3 is 2.28 bits per heavy atom. The molecule has 0 aromatic rings. The lowest BCUT2D eigenvalue weighted by atomic mass is 9.85. The minimum atomic E-state index is -0.779. The van der Waals surface area contributed by atoms with Crippen molar-refractivity contribution in [1.29, 1.82) is 0 Å². The molecule has 0 spiro atoms. The van der Waals surface area contributed by atoms with Crippen LogP contribution in [-0.4, -0.2) is 45.9 Å². The molecule has 6 nitrogen and oxygen atoms in total. The van der Waals surface area contributed by atoms with Crippen LogP contribution in [0.15, 0.2) is 12.2 Å². The Kier molecular flexibility index (Phi) is 5.27. The van der Waals surface area contributed by atoms with Crippen LogP contribution in [-0.2, 0) is 14.4 Å². The number of amides is 3. The summed E-state index contributed by atoms with van der Waals surface area (Å²) in [6.07, 6.45) is 7.23. The van der Waals surface area contributed by atoms with E-state index in [2.05, 4.69) is 5.32 Å². The minimum Gasteiger partial charge on any atom is -0.391 e. The number of carbonyl (C=O) groups is 3. The highest BCUT2D eigenvalue weighted by Crippen LogP contribution is 2.37. The number of hydrogen-bond donors (Lipinski definition) is 2. The summed E-state index contributed by atoms with van der Waals surface area (Å²) in [5.74, 6) is -1.22. The van der Waals surface area contributed by atoms with Crippen molar-refractivity contribution in [2.75, 3.05) is 0 Å². The second-order valence-corrected chi connectivity index (χ2v) is 7.96. The molecule has 0 radical (unpaired) electrons. The first-order chi connectivity index (χ1) is 11.9. The first-order valence-corrected chi connectivity index (χ1v) is 9.40. The molecule has 3 aliphatic rings. The molecule has 1 saturated carbocycles. The highest BCUT2D eigenvalue weighted by molar-refractivity contribution is 6.08. The monoisotopic (exact) mass is 348 g/mol. The average molecular weight is 348 g/mol. The lowest BCUT2D eigenvalue weighted by Crippen LogP contribution is -2.53. The molecular formula is C19H28N2O4. The van der Waals surface area contributed by atoms with Gasteiger partial charge in [0.25, 0.3) is 0 Å². The summed E-state index contributed by atoms with van der Waals surface area (Å²) in [7, 11) is 0. The summed E-state index contributed by atoms with van der Waals surface area (Å²) >= 11 is 0. The van der Waals surface area contributed by atoms with Crippen LogP contribution in [0, 0.1) is 17.8 Å². The summed E-state index contributed by atoms with van der Waals surface area (Å²) in [5, 5.41) is 12.9. The van der Waals surface area contributed by atoms with E-state index in [4.69, 9.17) is 0 Å². The maximum Gasteiger partial charge on any atom is 0.243 e. The zero-order valence-electron chi connectivity index (χ0n) is 15.0. The molecule has 1 aliphatic heterocycles. The van der Waals surface area contributed by atoms with E-state index in [0.29, 0.717) is 25.7 Å². The number of fused-ring (bicyclic) bond motifs is 1. The van der Waals surface area contributed by atoms with Crippen molar-refractivity contribution in [2.45, 2.75) is 70.6 Å². The fraction of sp³-hybridized carbons (Fsp3) is 0.737. The second kappa shape index (κ2) is 7.28. The zero-order chi connectivity index (χ0) is 18.1. The highest BCUT2D eigenvalue weighted by Gasteiger charge is 2.51. The molecule has 0 aromatic heterocycles. The maximum absolute atomic E-state index is 12.9. The van der Waals surface area contributed by atoms with Gasteiger partial charge in [0, 0.05) is 0 Å². The van der Waals surface area contributed by atoms with E-state index < -0.39 is 12.1 Å². The van der Waals surface area contributed by atoms with Crippen LogP contribution < -0.4 is 5.32 Å². The van der Waals surface area contributed by atoms with Gasteiger partial charge in [0.05, 0.1) is 24.0 Å². The molecule has 0 bridgehead atoms. The molecule has 138 valence electrons. The Morgan fingerprint density at radius 1 is 1.20 bits per heavy atom. The molecule has 0 unspecified atom stereocenters. The number of aliphatic hydroxyl groups is 1. The summed E-state index contributed by atoms with van der Waals surface area (Å²) in [5.41, 5.74) is 0. The standard InChI is InChI=1S/C19H28N2O4/c1-11(2)10-15(17(23)20-14-8-5-9-16(14)22)21-18(24)12-6-3-4-7-13(12)19(21)25/h3-4,11-16,22H,5-10H2,1-2H3,(H,20,23)/t12-,13-,14-,15-,16+/m1/s1. The third-order valence-corrected chi connectivity index (χ3v) is 5.66. The van der Waals surface area contributed by atoms with Crippen LogP contribution in [0.2, 0.25) is 0 Å². The molecule has 6 heteroatoms. The van der Waals surface area contributed by atoms with Gasteiger partial charge in [-0.1, -0.05) is 26.0 Å². The molecule has 25 heavy (non-hydrogen) atoms. The number of imide groups is 1. The summed E-state index contributed by atoms with van der Waals surface area (Å²) in [4.78, 5) is 39.7. The summed E-state index contributed by atoms with van der Waals surface area (Å²) in [6, 6.07) is -1.06. The van der Waals surface area contributed by atoms with E-state index >= 15 is 0 Å². The van der Waals surface area contributed by atoms with Crippen molar-refractivity contribution in [2.24, 2.45) is 17.8 Å². The van der Waals surface area contributed by atoms with Crippen molar-refractivity contribution in [3.8, 4) is 0 Å². The first-order valence-electron chi connectivity index (χ1n) is 9.40. The van der Waals surface area contributed by atoms with E-state index in [9.17, 15) is 19.5 Å². The number of hydrogen-bond acceptors (Lipinski definition) is 4. The van der Waals surface area contributed by atoms with Crippen molar-refractivity contribution >= 4 is 17.7 Å². The van der Waals surface area contributed by atoms with Crippen LogP contribution in [0.25, 0.3) is 0 Å². The number of nitrogens with zero attached hydrogens (tertiary/aromatic N) is 1. The van der Waals surface area contributed by atoms with E-state index in [1.807, 2.05) is 26.0 Å². The number of carbonyl (C=O) groups excluding carboxylic acids is 3. The van der Waals surface area contributed by atoms with Gasteiger partial charge in [0.2, 0.25) is 17.7 Å². The van der Waals surface area contributed by atoms with Gasteiger partial charge >= 0.3 is 0 Å². The van der Waals surface area contributed by atoms with Crippen LogP contribution in [0.1, 0.15) is 52.4 Å². The summed E-state index contributed by atoms with van der Waals surface area (Å²) < 4.78 is 0. The van der Waals surface area contributed by atoms with Gasteiger partial charge < -0.3 is 10.4 Å². The fourth-order valence-corrected chi connectivity index (χ4v) is 4.30. The quantitative estimate of drug-likeness (QED) is 0.580. The van der Waals surface area contributed by atoms with Crippen LogP contribution in [0.4, 0.5) is 0 Å². The number of nitrogens with one attached hydrogen (secondary N) is 1. The fourth-order valence-electron chi connectivity index (χ4n) is 4.30. The van der Waals surface area contributed by atoms with Crippen molar-refractivity contribution < 1.29 is 19.5 Å². The Morgan fingerprint density at radius 2 is 1.80 bits per heavy atom. The zero-order valence-corrected chi connectivity index (χ0v) is 15.0. The second-order valence-electron chi connectivity index (χ2n) is 7.96. The van der Waals surface area contributed by atoms with Crippen LogP contribution in [0.5, 0.6) is 0 Å². The van der Waals surface area contributed by atoms with Gasteiger partial charge in [0.1, 0.15) is 6.04 Å². The Hall–Kier alpha value is -1.69. The smallest absolute Gasteiger partial charge is 0.243 e. The Bertz CT molecular complexity index is 560. The predicted octanol–water partition coefficient (Wildman–Crippen LogP) is 1.38. The lowest BCUT2D eigenvalue weighted by Gasteiger charge is -2.29. The van der Waals surface area contributed by atoms with E-state index in [0.717, 1.165) is 12.8 Å². The molecule has 2 fully saturated rings. The van der Waals surface area contributed by atoms with Gasteiger partial charge in [-0.2, -0.15) is 0 Å². The van der Waals surface area contributed by atoms with Crippen molar-refractivity contribution in [1.82, 2.24) is 10.2 Å². The minimum absolute atomic E-state index is 0.172.